The molecule has 0 aliphatic carbocycles. The smallest absolute Gasteiger partial charge is 0.00166 e. The van der Waals surface area contributed by atoms with E-state index in [2.05, 4.69) is 26.4 Å². The van der Waals surface area contributed by atoms with Gasteiger partial charge in [0.2, 0.25) is 0 Å². The van der Waals surface area contributed by atoms with E-state index >= 15 is 0 Å². The fraction of sp³-hybridized carbons (Fsp3) is 1.00. The number of hydrogen-bond acceptors (Lipinski definition) is 6. The summed E-state index contributed by atoms with van der Waals surface area (Å²) in [5.74, 6) is 2.43. The molecule has 0 nitrogen and oxygen atoms in total. The van der Waals surface area contributed by atoms with E-state index < -0.39 is 0 Å². The Kier molecular flexibility index (Phi) is 25.9. The van der Waals surface area contributed by atoms with Gasteiger partial charge >= 0.3 is 0 Å². The van der Waals surface area contributed by atoms with Crippen molar-refractivity contribution in [2.75, 3.05) is 24.0 Å². The Morgan fingerprint density at radius 1 is 0.750 bits per heavy atom. The van der Waals surface area contributed by atoms with Gasteiger partial charge in [0.15, 0.2) is 0 Å². The summed E-state index contributed by atoms with van der Waals surface area (Å²) in [6.07, 6.45) is 4.18. The molecule has 76 valence electrons. The van der Waals surface area contributed by atoms with E-state index in [-0.39, 0.29) is 0 Å². The molecule has 0 amide bonds. The van der Waals surface area contributed by atoms with Crippen LogP contribution in [0.1, 0.15) is 13.8 Å². The molecule has 0 aliphatic rings. The second-order valence-corrected chi connectivity index (χ2v) is 10.5. The largest absolute Gasteiger partial charge is 0.0860 e. The lowest BCUT2D eigenvalue weighted by Crippen LogP contribution is -1.50. The van der Waals surface area contributed by atoms with Crippen LogP contribution < -0.4 is 0 Å². The Morgan fingerprint density at radius 2 is 1.08 bits per heavy atom. The van der Waals surface area contributed by atoms with E-state index in [1.54, 1.807) is 21.6 Å². The molecule has 0 atom stereocenters. The van der Waals surface area contributed by atoms with Gasteiger partial charge in [0.1, 0.15) is 0 Å². The van der Waals surface area contributed by atoms with E-state index in [1.807, 2.05) is 41.2 Å². The number of rotatable bonds is 6. The van der Waals surface area contributed by atoms with E-state index in [9.17, 15) is 0 Å². The molecule has 0 aromatic heterocycles. The normalized spacial score (nSPS) is 9.00. The Hall–Kier alpha value is 2.10. The molecule has 12 heavy (non-hydrogen) atoms. The van der Waals surface area contributed by atoms with E-state index in [4.69, 9.17) is 0 Å². The van der Waals surface area contributed by atoms with Crippen molar-refractivity contribution in [2.24, 2.45) is 0 Å². The highest BCUT2D eigenvalue weighted by Crippen LogP contribution is 2.31. The Bertz CT molecular complexity index is 44.0. The lowest BCUT2D eigenvalue weighted by Gasteiger charge is -1.85. The van der Waals surface area contributed by atoms with Gasteiger partial charge in [0, 0.05) is 11.5 Å². The predicted molar refractivity (Wildman–Crippen MR) is 78.5 cm³/mol. The van der Waals surface area contributed by atoms with Gasteiger partial charge in [0.25, 0.3) is 0 Å². The first-order valence-electron chi connectivity index (χ1n) is 3.47. The minimum atomic E-state index is 1.21. The summed E-state index contributed by atoms with van der Waals surface area (Å²) in [7, 11) is 11.1. The average Bonchev–Trinajstić information content (AvgIpc) is 2.12. The zero-order valence-electron chi connectivity index (χ0n) is 7.86. The highest BCUT2D eigenvalue weighted by Gasteiger charge is 1.76. The zero-order chi connectivity index (χ0) is 9.66. The summed E-state index contributed by atoms with van der Waals surface area (Å²) < 4.78 is 0. The molecule has 0 N–H and O–H groups in total. The zero-order valence-corrected chi connectivity index (χ0v) is 12.8. The Labute approximate surface area is 99.9 Å². The van der Waals surface area contributed by atoms with Crippen LogP contribution in [0, 0.1) is 0 Å². The van der Waals surface area contributed by atoms with Crippen molar-refractivity contribution < 1.29 is 0 Å². The molecule has 0 rings (SSSR count). The van der Waals surface area contributed by atoms with Crippen LogP contribution >= 0.6 is 62.8 Å². The number of hydrogen-bond donors (Lipinski definition) is 0. The predicted octanol–water partition coefficient (Wildman–Crippen LogP) is 5.33. The van der Waals surface area contributed by atoms with Gasteiger partial charge < -0.3 is 0 Å². The molecule has 0 unspecified atom stereocenters. The monoisotopic (exact) mass is 280 g/mol. The van der Waals surface area contributed by atoms with Crippen LogP contribution in [0.2, 0.25) is 0 Å². The molecule has 0 saturated carbocycles. The molecule has 0 spiro atoms. The van der Waals surface area contributed by atoms with Crippen LogP contribution in [0.3, 0.4) is 0 Å². The van der Waals surface area contributed by atoms with E-state index in [0.29, 0.717) is 0 Å². The molecule has 0 saturated heterocycles. The lowest BCUT2D eigenvalue weighted by molar-refractivity contribution is 1.54. The minimum Gasteiger partial charge on any atom is -0.0860 e. The third-order valence-corrected chi connectivity index (χ3v) is 8.39. The van der Waals surface area contributed by atoms with Crippen molar-refractivity contribution in [3.05, 3.63) is 0 Å². The molecular formula is C6H16S6. The van der Waals surface area contributed by atoms with Crippen molar-refractivity contribution in [1.82, 2.24) is 0 Å². The molecule has 0 fully saturated rings. The van der Waals surface area contributed by atoms with Gasteiger partial charge in [-0.2, -0.15) is 0 Å². The molecule has 6 heteroatoms. The maximum absolute atomic E-state index is 2.16. The summed E-state index contributed by atoms with van der Waals surface area (Å²) >= 11 is 0. The highest BCUT2D eigenvalue weighted by molar-refractivity contribution is 9.09. The molecule has 0 aliphatic heterocycles. The summed E-state index contributed by atoms with van der Waals surface area (Å²) in [4.78, 5) is 0. The van der Waals surface area contributed by atoms with E-state index in [0.717, 1.165) is 0 Å². The fourth-order valence-electron chi connectivity index (χ4n) is 0.192. The molecule has 0 heterocycles. The van der Waals surface area contributed by atoms with Crippen LogP contribution in [0.25, 0.3) is 0 Å². The second kappa shape index (κ2) is 18.8. The van der Waals surface area contributed by atoms with Crippen LogP contribution in [-0.2, 0) is 0 Å². The first-order valence-corrected chi connectivity index (χ1v) is 11.6. The van der Waals surface area contributed by atoms with Crippen molar-refractivity contribution in [2.45, 2.75) is 13.8 Å². The maximum Gasteiger partial charge on any atom is 0.00166 e. The average molecular weight is 281 g/mol. The Morgan fingerprint density at radius 3 is 1.17 bits per heavy atom. The van der Waals surface area contributed by atoms with Crippen LogP contribution in [0.15, 0.2) is 0 Å². The fourth-order valence-corrected chi connectivity index (χ4v) is 5.20. The van der Waals surface area contributed by atoms with Crippen molar-refractivity contribution >= 4 is 62.8 Å². The summed E-state index contributed by atoms with van der Waals surface area (Å²) in [5, 5.41) is 0. The highest BCUT2D eigenvalue weighted by atomic mass is 33.5. The lowest BCUT2D eigenvalue weighted by atomic mass is 11.0. The SMILES string of the molecule is CCSSSC.CCSSSC. The van der Waals surface area contributed by atoms with Crippen molar-refractivity contribution in [3.8, 4) is 0 Å². The minimum absolute atomic E-state index is 1.21. The molecule has 0 radical (unpaired) electrons. The third-order valence-electron chi connectivity index (χ3n) is 0.468. The topological polar surface area (TPSA) is 0 Å². The second-order valence-electron chi connectivity index (χ2n) is 1.28. The van der Waals surface area contributed by atoms with Crippen LogP contribution in [0.5, 0.6) is 0 Å². The van der Waals surface area contributed by atoms with Gasteiger partial charge in [-0.1, -0.05) is 57.0 Å². The van der Waals surface area contributed by atoms with Gasteiger partial charge in [-0.05, 0) is 32.2 Å². The van der Waals surface area contributed by atoms with Gasteiger partial charge in [-0.15, -0.1) is 0 Å². The molecule has 0 aromatic carbocycles. The summed E-state index contributed by atoms with van der Waals surface area (Å²) in [6, 6.07) is 0. The molecule has 0 bridgehead atoms. The Balaban J connectivity index is 0. The van der Waals surface area contributed by atoms with Crippen molar-refractivity contribution in [1.29, 1.82) is 0 Å². The van der Waals surface area contributed by atoms with Crippen molar-refractivity contribution in [3.63, 3.8) is 0 Å². The molecule has 0 aromatic rings. The van der Waals surface area contributed by atoms with Crippen LogP contribution in [0.4, 0.5) is 0 Å². The van der Waals surface area contributed by atoms with Crippen LogP contribution in [-0.4, -0.2) is 24.0 Å². The first-order chi connectivity index (χ1) is 5.83. The first kappa shape index (κ1) is 16.5. The standard InChI is InChI=1S/2C3H8S3/c2*1-3-5-6-4-2/h2*3H2,1-2H3. The van der Waals surface area contributed by atoms with Gasteiger partial charge in [-0.3, -0.25) is 0 Å². The summed E-state index contributed by atoms with van der Waals surface area (Å²) in [5.41, 5.74) is 0. The summed E-state index contributed by atoms with van der Waals surface area (Å²) in [6.45, 7) is 4.32. The quantitative estimate of drug-likeness (QED) is 0.473. The van der Waals surface area contributed by atoms with Gasteiger partial charge in [-0.25, -0.2) is 0 Å². The third kappa shape index (κ3) is 22.7. The molecular weight excluding hydrogens is 264 g/mol. The van der Waals surface area contributed by atoms with E-state index in [1.165, 1.54) is 11.5 Å². The maximum atomic E-state index is 2.16. The van der Waals surface area contributed by atoms with Gasteiger partial charge in [0.05, 0.1) is 0 Å².